The molecule has 1 fully saturated rings. The van der Waals surface area contributed by atoms with Crippen LogP contribution in [0.15, 0.2) is 16.5 Å². The molecule has 1 saturated heterocycles. The summed E-state index contributed by atoms with van der Waals surface area (Å²) in [6.07, 6.45) is 0. The number of hydrogen-bond acceptors (Lipinski definition) is 5. The van der Waals surface area contributed by atoms with E-state index in [9.17, 15) is 9.59 Å². The molecule has 0 aliphatic carbocycles. The van der Waals surface area contributed by atoms with Crippen LogP contribution in [-0.4, -0.2) is 54.7 Å². The zero-order valence-electron chi connectivity index (χ0n) is 10.6. The van der Waals surface area contributed by atoms with Crippen molar-refractivity contribution in [2.45, 2.75) is 12.6 Å². The second-order valence-corrected chi connectivity index (χ2v) is 4.25. The Hall–Kier alpha value is -1.86. The lowest BCUT2D eigenvalue weighted by Crippen LogP contribution is -2.52. The molecule has 1 unspecified atom stereocenters. The third-order valence-corrected chi connectivity index (χ3v) is 3.02. The number of ether oxygens (including phenoxy) is 1. The van der Waals surface area contributed by atoms with Crippen molar-refractivity contribution in [1.82, 2.24) is 10.2 Å². The molecule has 1 aliphatic rings. The molecule has 0 radical (unpaired) electrons. The molecule has 1 atom stereocenters. The lowest BCUT2D eigenvalue weighted by atomic mass is 10.2. The summed E-state index contributed by atoms with van der Waals surface area (Å²) in [6.45, 7) is 1.85. The van der Waals surface area contributed by atoms with E-state index in [1.54, 1.807) is 13.1 Å². The number of carboxylic acid groups (broad SMARTS) is 1. The minimum atomic E-state index is -1.10. The highest BCUT2D eigenvalue weighted by Gasteiger charge is 2.29. The number of carbonyl (C=O) groups excluding carboxylic acids is 1. The summed E-state index contributed by atoms with van der Waals surface area (Å²) >= 11 is 0. The summed E-state index contributed by atoms with van der Waals surface area (Å²) in [5.41, 5.74) is 0. The van der Waals surface area contributed by atoms with E-state index in [1.165, 1.54) is 6.07 Å². The van der Waals surface area contributed by atoms with Gasteiger partial charge < -0.3 is 19.6 Å². The van der Waals surface area contributed by atoms with E-state index in [-0.39, 0.29) is 17.7 Å². The molecule has 1 amide bonds. The Bertz CT molecular complexity index is 470. The molecule has 2 heterocycles. The first kappa shape index (κ1) is 13.6. The number of aromatic carboxylic acids is 1. The van der Waals surface area contributed by atoms with Gasteiger partial charge in [-0.15, -0.1) is 0 Å². The maximum atomic E-state index is 11.7. The molecule has 0 aromatic carbocycles. The van der Waals surface area contributed by atoms with E-state index in [0.29, 0.717) is 32.1 Å². The monoisotopic (exact) mass is 268 g/mol. The predicted octanol–water partition coefficient (Wildman–Crippen LogP) is -0.0754. The van der Waals surface area contributed by atoms with Crippen LogP contribution in [-0.2, 0) is 16.1 Å². The van der Waals surface area contributed by atoms with Crippen LogP contribution in [0, 0.1) is 0 Å². The van der Waals surface area contributed by atoms with Gasteiger partial charge >= 0.3 is 5.97 Å². The van der Waals surface area contributed by atoms with E-state index in [2.05, 4.69) is 5.32 Å². The van der Waals surface area contributed by atoms with Gasteiger partial charge in [-0.25, -0.2) is 4.79 Å². The van der Waals surface area contributed by atoms with Gasteiger partial charge in [0.05, 0.1) is 19.8 Å². The SMILES string of the molecule is CNC(=O)C1COCCN1Cc1ccc(C(=O)O)o1. The van der Waals surface area contributed by atoms with Crippen LogP contribution in [0.1, 0.15) is 16.3 Å². The number of rotatable bonds is 4. The molecule has 1 aliphatic heterocycles. The number of carboxylic acids is 1. The Morgan fingerprint density at radius 2 is 2.32 bits per heavy atom. The lowest BCUT2D eigenvalue weighted by Gasteiger charge is -2.33. The van der Waals surface area contributed by atoms with Gasteiger partial charge in [-0.2, -0.15) is 0 Å². The van der Waals surface area contributed by atoms with Crippen molar-refractivity contribution < 1.29 is 23.8 Å². The first-order valence-corrected chi connectivity index (χ1v) is 5.97. The molecule has 1 aromatic rings. The molecule has 2 N–H and O–H groups in total. The summed E-state index contributed by atoms with van der Waals surface area (Å²) in [4.78, 5) is 24.4. The Morgan fingerprint density at radius 3 is 2.95 bits per heavy atom. The summed E-state index contributed by atoms with van der Waals surface area (Å²) < 4.78 is 10.5. The summed E-state index contributed by atoms with van der Waals surface area (Å²) in [5.74, 6) is -0.797. The highest BCUT2D eigenvalue weighted by atomic mass is 16.5. The van der Waals surface area contributed by atoms with Crippen LogP contribution in [0.3, 0.4) is 0 Å². The van der Waals surface area contributed by atoms with Crippen LogP contribution in [0.4, 0.5) is 0 Å². The Kier molecular flexibility index (Phi) is 4.18. The Balaban J connectivity index is 2.06. The van der Waals surface area contributed by atoms with Crippen molar-refractivity contribution in [3.8, 4) is 0 Å². The molecule has 19 heavy (non-hydrogen) atoms. The minimum absolute atomic E-state index is 0.0975. The smallest absolute Gasteiger partial charge is 0.371 e. The van der Waals surface area contributed by atoms with Crippen molar-refractivity contribution >= 4 is 11.9 Å². The van der Waals surface area contributed by atoms with E-state index < -0.39 is 5.97 Å². The van der Waals surface area contributed by atoms with Crippen molar-refractivity contribution in [2.75, 3.05) is 26.8 Å². The summed E-state index contributed by atoms with van der Waals surface area (Å²) in [6, 6.07) is 2.64. The van der Waals surface area contributed by atoms with Crippen LogP contribution < -0.4 is 5.32 Å². The van der Waals surface area contributed by atoms with Gasteiger partial charge in [-0.3, -0.25) is 9.69 Å². The number of nitrogens with zero attached hydrogens (tertiary/aromatic N) is 1. The highest BCUT2D eigenvalue weighted by Crippen LogP contribution is 2.15. The molecular weight excluding hydrogens is 252 g/mol. The first-order valence-electron chi connectivity index (χ1n) is 5.97. The van der Waals surface area contributed by atoms with Crippen molar-refractivity contribution in [1.29, 1.82) is 0 Å². The number of amides is 1. The topological polar surface area (TPSA) is 92.0 Å². The van der Waals surface area contributed by atoms with Gasteiger partial charge in [-0.05, 0) is 12.1 Å². The molecule has 7 heteroatoms. The summed E-state index contributed by atoms with van der Waals surface area (Å²) in [5, 5.41) is 11.4. The standard InChI is InChI=1S/C12H16N2O5/c1-13-11(15)9-7-18-5-4-14(9)6-8-2-3-10(19-8)12(16)17/h2-3,9H,4-7H2,1H3,(H,13,15)(H,16,17). The largest absolute Gasteiger partial charge is 0.475 e. The molecule has 104 valence electrons. The molecule has 1 aromatic heterocycles. The van der Waals surface area contributed by atoms with Crippen molar-refractivity contribution in [3.05, 3.63) is 23.7 Å². The fraction of sp³-hybridized carbons (Fsp3) is 0.500. The number of furan rings is 1. The van der Waals surface area contributed by atoms with Crippen LogP contribution >= 0.6 is 0 Å². The number of nitrogens with one attached hydrogen (secondary N) is 1. The molecular formula is C12H16N2O5. The Labute approximate surface area is 110 Å². The van der Waals surface area contributed by atoms with Gasteiger partial charge in [0.1, 0.15) is 11.8 Å². The number of likely N-dealkylation sites (N-methyl/N-ethyl adjacent to an activating group) is 1. The molecule has 0 bridgehead atoms. The quantitative estimate of drug-likeness (QED) is 0.794. The zero-order chi connectivity index (χ0) is 13.8. The third-order valence-electron chi connectivity index (χ3n) is 3.02. The minimum Gasteiger partial charge on any atom is -0.475 e. The van der Waals surface area contributed by atoms with Crippen molar-refractivity contribution in [2.24, 2.45) is 0 Å². The zero-order valence-corrected chi connectivity index (χ0v) is 10.6. The summed E-state index contributed by atoms with van der Waals surface area (Å²) in [7, 11) is 1.57. The fourth-order valence-electron chi connectivity index (χ4n) is 2.01. The van der Waals surface area contributed by atoms with Gasteiger partial charge in [-0.1, -0.05) is 0 Å². The van der Waals surface area contributed by atoms with E-state index in [0.717, 1.165) is 0 Å². The maximum Gasteiger partial charge on any atom is 0.371 e. The number of morpholine rings is 1. The predicted molar refractivity (Wildman–Crippen MR) is 64.8 cm³/mol. The van der Waals surface area contributed by atoms with E-state index in [1.807, 2.05) is 4.90 Å². The molecule has 0 saturated carbocycles. The van der Waals surface area contributed by atoms with Crippen LogP contribution in [0.5, 0.6) is 0 Å². The van der Waals surface area contributed by atoms with Gasteiger partial charge in [0.2, 0.25) is 11.7 Å². The van der Waals surface area contributed by atoms with Gasteiger partial charge in [0, 0.05) is 13.6 Å². The van der Waals surface area contributed by atoms with Crippen molar-refractivity contribution in [3.63, 3.8) is 0 Å². The van der Waals surface area contributed by atoms with E-state index >= 15 is 0 Å². The maximum absolute atomic E-state index is 11.7. The normalized spacial score (nSPS) is 20.2. The molecule has 0 spiro atoms. The molecule has 2 rings (SSSR count). The van der Waals surface area contributed by atoms with E-state index in [4.69, 9.17) is 14.3 Å². The van der Waals surface area contributed by atoms with Crippen LogP contribution in [0.25, 0.3) is 0 Å². The van der Waals surface area contributed by atoms with Crippen LogP contribution in [0.2, 0.25) is 0 Å². The molecule has 7 nitrogen and oxygen atoms in total. The average molecular weight is 268 g/mol. The number of hydrogen-bond donors (Lipinski definition) is 2. The second-order valence-electron chi connectivity index (χ2n) is 4.25. The highest BCUT2D eigenvalue weighted by molar-refractivity contribution is 5.84. The third kappa shape index (κ3) is 3.12. The second kappa shape index (κ2) is 5.85. The van der Waals surface area contributed by atoms with Gasteiger partial charge in [0.15, 0.2) is 0 Å². The average Bonchev–Trinajstić information content (AvgIpc) is 2.87. The lowest BCUT2D eigenvalue weighted by molar-refractivity contribution is -0.132. The fourth-order valence-corrected chi connectivity index (χ4v) is 2.01. The first-order chi connectivity index (χ1) is 9.11. The number of carbonyl (C=O) groups is 2. The van der Waals surface area contributed by atoms with Gasteiger partial charge in [0.25, 0.3) is 0 Å². The Morgan fingerprint density at radius 1 is 1.53 bits per heavy atom.